The van der Waals surface area contributed by atoms with E-state index in [1.54, 1.807) is 26.4 Å². The van der Waals surface area contributed by atoms with Crippen LogP contribution in [0.5, 0.6) is 11.5 Å². The fourth-order valence-electron chi connectivity index (χ4n) is 2.24. The van der Waals surface area contributed by atoms with Gasteiger partial charge in [-0.1, -0.05) is 0 Å². The molecular formula is C19H24FIN4O3. The number of halogens is 2. The van der Waals surface area contributed by atoms with E-state index in [1.807, 2.05) is 13.0 Å². The van der Waals surface area contributed by atoms with Gasteiger partial charge in [-0.2, -0.15) is 0 Å². The minimum Gasteiger partial charge on any atom is -0.493 e. The molecule has 7 nitrogen and oxygen atoms in total. The van der Waals surface area contributed by atoms with E-state index in [9.17, 15) is 9.18 Å². The largest absolute Gasteiger partial charge is 0.493 e. The lowest BCUT2D eigenvalue weighted by atomic mass is 10.3. The van der Waals surface area contributed by atoms with Crippen LogP contribution in [0.2, 0.25) is 0 Å². The minimum atomic E-state index is -0.362. The fraction of sp³-hybridized carbons (Fsp3) is 0.263. The summed E-state index contributed by atoms with van der Waals surface area (Å²) < 4.78 is 23.4. The lowest BCUT2D eigenvalue weighted by Gasteiger charge is -2.13. The highest BCUT2D eigenvalue weighted by molar-refractivity contribution is 14.0. The molecule has 0 fully saturated rings. The van der Waals surface area contributed by atoms with E-state index >= 15 is 0 Å². The summed E-state index contributed by atoms with van der Waals surface area (Å²) in [6.45, 7) is 2.45. The smallest absolute Gasteiger partial charge is 0.246 e. The summed E-state index contributed by atoms with van der Waals surface area (Å²) in [6.07, 6.45) is 0. The number of ether oxygens (including phenoxy) is 2. The number of hydrogen-bond donors (Lipinski definition) is 3. The van der Waals surface area contributed by atoms with Gasteiger partial charge in [-0.05, 0) is 43.3 Å². The topological polar surface area (TPSA) is 84.0 Å². The molecule has 9 heteroatoms. The molecule has 0 saturated carbocycles. The van der Waals surface area contributed by atoms with E-state index in [-0.39, 0.29) is 42.2 Å². The summed E-state index contributed by atoms with van der Waals surface area (Å²) in [7, 11) is 3.12. The van der Waals surface area contributed by atoms with Crippen LogP contribution < -0.4 is 25.4 Å². The molecule has 152 valence electrons. The number of amides is 1. The van der Waals surface area contributed by atoms with Crippen molar-refractivity contribution in [2.45, 2.75) is 6.92 Å². The van der Waals surface area contributed by atoms with Crippen LogP contribution in [0.15, 0.2) is 47.5 Å². The average Bonchev–Trinajstić information content (AvgIpc) is 2.68. The minimum absolute atomic E-state index is 0. The van der Waals surface area contributed by atoms with Gasteiger partial charge in [-0.3, -0.25) is 4.79 Å². The highest BCUT2D eigenvalue weighted by Gasteiger charge is 2.07. The highest BCUT2D eigenvalue weighted by atomic mass is 127. The summed E-state index contributed by atoms with van der Waals surface area (Å²) >= 11 is 0. The summed E-state index contributed by atoms with van der Waals surface area (Å²) in [6, 6.07) is 10.9. The number of benzene rings is 2. The van der Waals surface area contributed by atoms with E-state index in [2.05, 4.69) is 20.9 Å². The van der Waals surface area contributed by atoms with E-state index < -0.39 is 0 Å². The SMILES string of the molecule is CCNC(=NCC(=O)Nc1ccc(F)cc1)Nc1ccc(OC)c(OC)c1.I. The third kappa shape index (κ3) is 7.22. The Labute approximate surface area is 180 Å². The van der Waals surface area contributed by atoms with Gasteiger partial charge in [0.1, 0.15) is 12.4 Å². The van der Waals surface area contributed by atoms with E-state index in [1.165, 1.54) is 24.3 Å². The van der Waals surface area contributed by atoms with Crippen LogP contribution in [0, 0.1) is 5.82 Å². The molecule has 0 radical (unpaired) electrons. The average molecular weight is 502 g/mol. The van der Waals surface area contributed by atoms with Gasteiger partial charge in [0.2, 0.25) is 5.91 Å². The molecule has 2 rings (SSSR count). The quantitative estimate of drug-likeness (QED) is 0.307. The Balaban J connectivity index is 0.00000392. The molecule has 0 spiro atoms. The van der Waals surface area contributed by atoms with Crippen LogP contribution in [0.25, 0.3) is 0 Å². The van der Waals surface area contributed by atoms with Gasteiger partial charge < -0.3 is 25.4 Å². The van der Waals surface area contributed by atoms with Gasteiger partial charge in [0, 0.05) is 24.0 Å². The van der Waals surface area contributed by atoms with Gasteiger partial charge in [0.25, 0.3) is 0 Å². The van der Waals surface area contributed by atoms with E-state index in [0.717, 1.165) is 5.69 Å². The zero-order chi connectivity index (χ0) is 19.6. The number of methoxy groups -OCH3 is 2. The van der Waals surface area contributed by atoms with Crippen molar-refractivity contribution >= 4 is 47.2 Å². The second kappa shape index (κ2) is 12.0. The molecule has 1 amide bonds. The van der Waals surface area contributed by atoms with Gasteiger partial charge >= 0.3 is 0 Å². The Morgan fingerprint density at radius 3 is 2.25 bits per heavy atom. The van der Waals surface area contributed by atoms with Crippen LogP contribution in [0.4, 0.5) is 15.8 Å². The lowest BCUT2D eigenvalue weighted by molar-refractivity contribution is -0.114. The summed E-state index contributed by atoms with van der Waals surface area (Å²) in [4.78, 5) is 16.3. The first-order valence-corrected chi connectivity index (χ1v) is 8.38. The molecule has 28 heavy (non-hydrogen) atoms. The van der Waals surface area contributed by atoms with Crippen molar-refractivity contribution in [1.82, 2.24) is 5.32 Å². The van der Waals surface area contributed by atoms with Crippen molar-refractivity contribution in [3.63, 3.8) is 0 Å². The number of aliphatic imine (C=N–C) groups is 1. The van der Waals surface area contributed by atoms with Crippen molar-refractivity contribution in [3.8, 4) is 11.5 Å². The molecule has 0 aliphatic carbocycles. The van der Waals surface area contributed by atoms with Gasteiger partial charge in [0.15, 0.2) is 17.5 Å². The molecule has 2 aromatic carbocycles. The van der Waals surface area contributed by atoms with E-state index in [4.69, 9.17) is 9.47 Å². The number of rotatable bonds is 7. The molecule has 0 saturated heterocycles. The number of hydrogen-bond acceptors (Lipinski definition) is 4. The highest BCUT2D eigenvalue weighted by Crippen LogP contribution is 2.29. The van der Waals surface area contributed by atoms with Crippen LogP contribution in [-0.4, -0.2) is 39.2 Å². The van der Waals surface area contributed by atoms with Crippen molar-refractivity contribution < 1.29 is 18.7 Å². The Morgan fingerprint density at radius 1 is 1.00 bits per heavy atom. The van der Waals surface area contributed by atoms with Gasteiger partial charge in [-0.25, -0.2) is 9.38 Å². The van der Waals surface area contributed by atoms with Gasteiger partial charge in [0.05, 0.1) is 14.2 Å². The Bertz CT molecular complexity index is 800. The number of carbonyl (C=O) groups is 1. The maximum Gasteiger partial charge on any atom is 0.246 e. The third-order valence-corrected chi connectivity index (χ3v) is 3.50. The number of nitrogens with zero attached hydrogens (tertiary/aromatic N) is 1. The number of guanidine groups is 1. The molecule has 0 aliphatic rings. The summed E-state index contributed by atoms with van der Waals surface area (Å²) in [5.74, 6) is 0.959. The van der Waals surface area contributed by atoms with Crippen LogP contribution in [-0.2, 0) is 4.79 Å². The second-order valence-electron chi connectivity index (χ2n) is 5.44. The molecule has 0 bridgehead atoms. The zero-order valence-corrected chi connectivity index (χ0v) is 18.2. The molecule has 0 atom stereocenters. The Kier molecular flexibility index (Phi) is 10.1. The molecule has 0 aromatic heterocycles. The van der Waals surface area contributed by atoms with Crippen molar-refractivity contribution in [3.05, 3.63) is 48.3 Å². The lowest BCUT2D eigenvalue weighted by Crippen LogP contribution is -2.31. The standard InChI is InChI=1S/C19H23FN4O3.HI/c1-4-21-19(24-15-9-10-16(26-2)17(11-15)27-3)22-12-18(25)23-14-7-5-13(20)6-8-14;/h5-11H,4,12H2,1-3H3,(H,23,25)(H2,21,22,24);1H. The first-order chi connectivity index (χ1) is 13.0. The van der Waals surface area contributed by atoms with Crippen LogP contribution >= 0.6 is 24.0 Å². The van der Waals surface area contributed by atoms with Crippen LogP contribution in [0.3, 0.4) is 0 Å². The maximum absolute atomic E-state index is 12.9. The normalized spacial score (nSPS) is 10.5. The molecule has 2 aromatic rings. The zero-order valence-electron chi connectivity index (χ0n) is 15.9. The third-order valence-electron chi connectivity index (χ3n) is 3.50. The number of anilines is 2. The second-order valence-corrected chi connectivity index (χ2v) is 5.44. The van der Waals surface area contributed by atoms with Crippen molar-refractivity contribution in [1.29, 1.82) is 0 Å². The molecular weight excluding hydrogens is 478 g/mol. The first kappa shape index (κ1) is 23.5. The van der Waals surface area contributed by atoms with E-state index in [0.29, 0.717) is 29.7 Å². The molecule has 3 N–H and O–H groups in total. The van der Waals surface area contributed by atoms with Gasteiger partial charge in [-0.15, -0.1) is 24.0 Å². The molecule has 0 heterocycles. The van der Waals surface area contributed by atoms with Crippen molar-refractivity contribution in [2.75, 3.05) is 37.9 Å². The molecule has 0 aliphatic heterocycles. The fourth-order valence-corrected chi connectivity index (χ4v) is 2.24. The predicted molar refractivity (Wildman–Crippen MR) is 120 cm³/mol. The monoisotopic (exact) mass is 502 g/mol. The maximum atomic E-state index is 12.9. The number of carbonyl (C=O) groups excluding carboxylic acids is 1. The van der Waals surface area contributed by atoms with Crippen molar-refractivity contribution in [2.24, 2.45) is 4.99 Å². The Hall–Kier alpha value is -2.56. The van der Waals surface area contributed by atoms with Crippen LogP contribution in [0.1, 0.15) is 6.92 Å². The Morgan fingerprint density at radius 2 is 1.64 bits per heavy atom. The first-order valence-electron chi connectivity index (χ1n) is 8.38. The predicted octanol–water partition coefficient (Wildman–Crippen LogP) is 3.48. The summed E-state index contributed by atoms with van der Waals surface area (Å²) in [5.41, 5.74) is 1.24. The number of nitrogens with one attached hydrogen (secondary N) is 3. The molecule has 0 unspecified atom stereocenters. The summed E-state index contributed by atoms with van der Waals surface area (Å²) in [5, 5.41) is 8.83.